The average molecular weight is 181 g/mol. The van der Waals surface area contributed by atoms with Crippen LogP contribution < -0.4 is 5.73 Å². The molecule has 1 aromatic carbocycles. The summed E-state index contributed by atoms with van der Waals surface area (Å²) in [6.07, 6.45) is 0. The highest BCUT2D eigenvalue weighted by atomic mass is 32.2. The van der Waals surface area contributed by atoms with Gasteiger partial charge in [-0.05, 0) is 24.6 Å². The summed E-state index contributed by atoms with van der Waals surface area (Å²) in [4.78, 5) is 1.30. The Morgan fingerprint density at radius 2 is 2.00 bits per heavy atom. The van der Waals surface area contributed by atoms with Gasteiger partial charge in [0.05, 0.1) is 0 Å². The zero-order chi connectivity index (χ0) is 9.14. The summed E-state index contributed by atoms with van der Waals surface area (Å²) in [6, 6.07) is 6.07. The van der Waals surface area contributed by atoms with E-state index < -0.39 is 0 Å². The molecule has 0 aliphatic carbocycles. The second kappa shape index (κ2) is 3.85. The maximum Gasteiger partial charge on any atom is 0.0354 e. The van der Waals surface area contributed by atoms with Crippen LogP contribution in [0.3, 0.4) is 0 Å². The molecule has 0 unspecified atom stereocenters. The molecule has 0 spiro atoms. The van der Waals surface area contributed by atoms with Crippen LogP contribution in [0, 0.1) is 6.92 Å². The Balaban J connectivity index is 2.92. The van der Waals surface area contributed by atoms with Gasteiger partial charge in [-0.3, -0.25) is 0 Å². The first-order valence-electron chi connectivity index (χ1n) is 4.13. The molecule has 0 aromatic heterocycles. The van der Waals surface area contributed by atoms with Gasteiger partial charge < -0.3 is 5.73 Å². The smallest absolute Gasteiger partial charge is 0.0354 e. The second-order valence-corrected chi connectivity index (χ2v) is 4.76. The molecule has 0 saturated carbocycles. The number of anilines is 1. The standard InChI is InChI=1S/C10H15NS/c1-7(2)12-10-6-4-5-9(11)8(10)3/h4-7H,11H2,1-3H3. The summed E-state index contributed by atoms with van der Waals surface area (Å²) >= 11 is 1.86. The molecule has 12 heavy (non-hydrogen) atoms. The molecule has 0 heterocycles. The van der Waals surface area contributed by atoms with Crippen LogP contribution in [0.5, 0.6) is 0 Å². The lowest BCUT2D eigenvalue weighted by Crippen LogP contribution is -1.93. The lowest BCUT2D eigenvalue weighted by Gasteiger charge is -2.09. The predicted molar refractivity (Wildman–Crippen MR) is 56.6 cm³/mol. The molecule has 0 radical (unpaired) electrons. The summed E-state index contributed by atoms with van der Waals surface area (Å²) in [7, 11) is 0. The van der Waals surface area contributed by atoms with Crippen LogP contribution in [0.25, 0.3) is 0 Å². The monoisotopic (exact) mass is 181 g/mol. The summed E-state index contributed by atoms with van der Waals surface area (Å²) < 4.78 is 0. The summed E-state index contributed by atoms with van der Waals surface area (Å²) in [5, 5.41) is 0.616. The number of rotatable bonds is 2. The molecule has 0 amide bonds. The van der Waals surface area contributed by atoms with E-state index in [0.29, 0.717) is 5.25 Å². The van der Waals surface area contributed by atoms with Crippen LogP contribution in [0.4, 0.5) is 5.69 Å². The first kappa shape index (κ1) is 9.46. The molecule has 0 bridgehead atoms. The molecule has 0 aliphatic rings. The van der Waals surface area contributed by atoms with E-state index in [9.17, 15) is 0 Å². The minimum Gasteiger partial charge on any atom is -0.398 e. The molecule has 0 atom stereocenters. The van der Waals surface area contributed by atoms with Crippen molar-refractivity contribution in [3.63, 3.8) is 0 Å². The summed E-state index contributed by atoms with van der Waals surface area (Å²) in [6.45, 7) is 6.45. The van der Waals surface area contributed by atoms with Crippen LogP contribution in [0.2, 0.25) is 0 Å². The van der Waals surface area contributed by atoms with E-state index >= 15 is 0 Å². The van der Waals surface area contributed by atoms with Crippen LogP contribution in [0.15, 0.2) is 23.1 Å². The second-order valence-electron chi connectivity index (χ2n) is 3.14. The number of hydrogen-bond donors (Lipinski definition) is 1. The molecule has 0 saturated heterocycles. The zero-order valence-corrected chi connectivity index (χ0v) is 8.61. The highest BCUT2D eigenvalue weighted by Gasteiger charge is 2.03. The predicted octanol–water partition coefficient (Wildman–Crippen LogP) is 3.08. The minimum atomic E-state index is 0.616. The van der Waals surface area contributed by atoms with Gasteiger partial charge in [-0.15, -0.1) is 11.8 Å². The number of nitrogens with two attached hydrogens (primary N) is 1. The molecule has 66 valence electrons. The third-order valence-electron chi connectivity index (χ3n) is 1.69. The van der Waals surface area contributed by atoms with E-state index in [2.05, 4.69) is 26.8 Å². The minimum absolute atomic E-state index is 0.616. The molecule has 2 heteroatoms. The maximum absolute atomic E-state index is 5.78. The van der Waals surface area contributed by atoms with Crippen molar-refractivity contribution in [1.29, 1.82) is 0 Å². The van der Waals surface area contributed by atoms with E-state index in [1.807, 2.05) is 23.9 Å². The highest BCUT2D eigenvalue weighted by molar-refractivity contribution is 8.00. The van der Waals surface area contributed by atoms with Gasteiger partial charge in [0, 0.05) is 15.8 Å². The highest BCUT2D eigenvalue weighted by Crippen LogP contribution is 2.28. The van der Waals surface area contributed by atoms with Crippen molar-refractivity contribution < 1.29 is 0 Å². The van der Waals surface area contributed by atoms with Gasteiger partial charge in [0.1, 0.15) is 0 Å². The first-order chi connectivity index (χ1) is 5.61. The van der Waals surface area contributed by atoms with Gasteiger partial charge in [0.15, 0.2) is 0 Å². The van der Waals surface area contributed by atoms with Crippen molar-refractivity contribution in [2.45, 2.75) is 30.9 Å². The van der Waals surface area contributed by atoms with E-state index in [1.165, 1.54) is 10.5 Å². The molecule has 1 aromatic rings. The molecular weight excluding hydrogens is 166 g/mol. The van der Waals surface area contributed by atoms with Gasteiger partial charge in [0.25, 0.3) is 0 Å². The van der Waals surface area contributed by atoms with Crippen molar-refractivity contribution in [2.24, 2.45) is 0 Å². The van der Waals surface area contributed by atoms with Gasteiger partial charge in [-0.25, -0.2) is 0 Å². The average Bonchev–Trinajstić information content (AvgIpc) is 1.98. The van der Waals surface area contributed by atoms with Crippen molar-refractivity contribution in [2.75, 3.05) is 5.73 Å². The van der Waals surface area contributed by atoms with E-state index in [1.54, 1.807) is 0 Å². The van der Waals surface area contributed by atoms with Crippen LogP contribution in [-0.4, -0.2) is 5.25 Å². The topological polar surface area (TPSA) is 26.0 Å². The Bertz CT molecular complexity index is 269. The molecule has 0 aliphatic heterocycles. The summed E-state index contributed by atoms with van der Waals surface area (Å²) in [5.41, 5.74) is 7.88. The van der Waals surface area contributed by atoms with Gasteiger partial charge in [-0.2, -0.15) is 0 Å². The van der Waals surface area contributed by atoms with Crippen LogP contribution >= 0.6 is 11.8 Å². The zero-order valence-electron chi connectivity index (χ0n) is 7.79. The third-order valence-corrected chi connectivity index (χ3v) is 2.86. The number of thioether (sulfide) groups is 1. The van der Waals surface area contributed by atoms with Gasteiger partial charge in [-0.1, -0.05) is 19.9 Å². The molecule has 0 fully saturated rings. The first-order valence-corrected chi connectivity index (χ1v) is 5.01. The van der Waals surface area contributed by atoms with Crippen molar-refractivity contribution in [3.8, 4) is 0 Å². The number of benzene rings is 1. The Hall–Kier alpha value is -0.630. The quantitative estimate of drug-likeness (QED) is 0.560. The van der Waals surface area contributed by atoms with Gasteiger partial charge >= 0.3 is 0 Å². The fourth-order valence-corrected chi connectivity index (χ4v) is 1.97. The van der Waals surface area contributed by atoms with Crippen molar-refractivity contribution in [1.82, 2.24) is 0 Å². The Morgan fingerprint density at radius 3 is 2.58 bits per heavy atom. The van der Waals surface area contributed by atoms with Gasteiger partial charge in [0.2, 0.25) is 0 Å². The lowest BCUT2D eigenvalue weighted by molar-refractivity contribution is 1.10. The lowest BCUT2D eigenvalue weighted by atomic mass is 10.2. The van der Waals surface area contributed by atoms with E-state index in [-0.39, 0.29) is 0 Å². The fraction of sp³-hybridized carbons (Fsp3) is 0.400. The summed E-state index contributed by atoms with van der Waals surface area (Å²) in [5.74, 6) is 0. The molecule has 1 nitrogen and oxygen atoms in total. The van der Waals surface area contributed by atoms with E-state index in [0.717, 1.165) is 5.69 Å². The number of hydrogen-bond acceptors (Lipinski definition) is 2. The molecular formula is C10H15NS. The molecule has 2 N–H and O–H groups in total. The van der Waals surface area contributed by atoms with Crippen LogP contribution in [-0.2, 0) is 0 Å². The van der Waals surface area contributed by atoms with Crippen LogP contribution in [0.1, 0.15) is 19.4 Å². The SMILES string of the molecule is Cc1c(N)cccc1SC(C)C. The van der Waals surface area contributed by atoms with Crippen molar-refractivity contribution in [3.05, 3.63) is 23.8 Å². The number of nitrogen functional groups attached to an aromatic ring is 1. The normalized spacial score (nSPS) is 10.7. The Morgan fingerprint density at radius 1 is 1.33 bits per heavy atom. The van der Waals surface area contributed by atoms with Crippen molar-refractivity contribution >= 4 is 17.4 Å². The third kappa shape index (κ3) is 2.18. The maximum atomic E-state index is 5.78. The van der Waals surface area contributed by atoms with E-state index in [4.69, 9.17) is 5.73 Å². The molecule has 1 rings (SSSR count). The fourth-order valence-electron chi connectivity index (χ4n) is 1.01. The Labute approximate surface area is 78.4 Å². The largest absolute Gasteiger partial charge is 0.398 e. The Kier molecular flexibility index (Phi) is 3.04.